The molecule has 0 bridgehead atoms. The molecule has 2 atom stereocenters. The number of unbranched alkanes of at least 4 members (excludes halogenated alkanes) is 5. The summed E-state index contributed by atoms with van der Waals surface area (Å²) in [6.07, 6.45) is 4.00. The molecule has 2 aromatic carbocycles. The number of anilines is 1. The van der Waals surface area contributed by atoms with Crippen LogP contribution in [0.2, 0.25) is 5.02 Å². The van der Waals surface area contributed by atoms with Crippen LogP contribution in [0.4, 0.5) is 10.5 Å². The van der Waals surface area contributed by atoms with Gasteiger partial charge in [-0.25, -0.2) is 4.79 Å². The number of hydrogen-bond acceptors (Lipinski definition) is 6. The summed E-state index contributed by atoms with van der Waals surface area (Å²) in [6.45, 7) is 8.99. The van der Waals surface area contributed by atoms with E-state index in [9.17, 15) is 24.3 Å². The second kappa shape index (κ2) is 16.7. The number of para-hydroxylation sites is 2. The van der Waals surface area contributed by atoms with E-state index in [-0.39, 0.29) is 17.9 Å². The maximum absolute atomic E-state index is 14.2. The van der Waals surface area contributed by atoms with Gasteiger partial charge in [0, 0.05) is 12.1 Å². The molecule has 0 saturated carbocycles. The number of alkyl carbamates (subject to hydrolysis) is 1. The number of carbonyl (C=O) groups is 4. The Morgan fingerprint density at radius 1 is 1.00 bits per heavy atom. The molecule has 5 N–H and O–H groups in total. The Kier molecular flexibility index (Phi) is 13.8. The lowest BCUT2D eigenvalue weighted by molar-refractivity contribution is -0.142. The topological polar surface area (TPSA) is 151 Å². The van der Waals surface area contributed by atoms with Crippen LogP contribution >= 0.6 is 11.6 Å². The molecule has 0 aliphatic rings. The second-order valence-corrected chi connectivity index (χ2v) is 12.0. The van der Waals surface area contributed by atoms with Crippen molar-refractivity contribution in [3.05, 3.63) is 58.6 Å². The molecule has 0 aliphatic heterocycles. The molecule has 10 nitrogen and oxygen atoms in total. The van der Waals surface area contributed by atoms with Gasteiger partial charge < -0.3 is 31.1 Å². The molecular formula is C32H45ClN4O6. The minimum Gasteiger partial charge on any atom is -0.508 e. The average molecular weight is 617 g/mol. The number of hydrogen-bond donors (Lipinski definition) is 4. The fourth-order valence-electron chi connectivity index (χ4n) is 4.63. The third-order valence-electron chi connectivity index (χ3n) is 6.69. The number of carbonyl (C=O) groups excluding carboxylic acids is 4. The summed E-state index contributed by atoms with van der Waals surface area (Å²) >= 11 is 6.40. The molecular weight excluding hydrogens is 572 g/mol. The van der Waals surface area contributed by atoms with Crippen molar-refractivity contribution in [3.63, 3.8) is 0 Å². The lowest BCUT2D eigenvalue weighted by Crippen LogP contribution is -2.53. The van der Waals surface area contributed by atoms with Crippen LogP contribution in [0, 0.1) is 6.92 Å². The number of nitrogens with one attached hydrogen (secondary N) is 2. The van der Waals surface area contributed by atoms with E-state index in [1.54, 1.807) is 64.1 Å². The number of ether oxygens (including phenoxy) is 1. The largest absolute Gasteiger partial charge is 0.508 e. The van der Waals surface area contributed by atoms with Crippen molar-refractivity contribution in [1.82, 2.24) is 10.2 Å². The zero-order valence-electron chi connectivity index (χ0n) is 25.7. The fourth-order valence-corrected chi connectivity index (χ4v) is 4.90. The Balaban J connectivity index is 2.57. The van der Waals surface area contributed by atoms with E-state index < -0.39 is 47.9 Å². The number of amides is 4. The summed E-state index contributed by atoms with van der Waals surface area (Å²) in [5.41, 5.74) is 5.83. The molecule has 4 amide bonds. The van der Waals surface area contributed by atoms with Gasteiger partial charge in [-0.1, -0.05) is 81.0 Å². The molecule has 2 aromatic rings. The highest BCUT2D eigenvalue weighted by atomic mass is 35.5. The summed E-state index contributed by atoms with van der Waals surface area (Å²) in [6, 6.07) is 8.62. The highest BCUT2D eigenvalue weighted by Gasteiger charge is 2.38. The summed E-state index contributed by atoms with van der Waals surface area (Å²) in [5, 5.41) is 16.4. The number of aromatic hydroxyl groups is 1. The normalized spacial score (nSPS) is 12.6. The first-order valence-electron chi connectivity index (χ1n) is 14.7. The van der Waals surface area contributed by atoms with Crippen LogP contribution in [0.15, 0.2) is 42.5 Å². The van der Waals surface area contributed by atoms with Crippen molar-refractivity contribution >= 4 is 41.1 Å². The highest BCUT2D eigenvalue weighted by Crippen LogP contribution is 2.33. The van der Waals surface area contributed by atoms with E-state index in [1.807, 2.05) is 0 Å². The van der Waals surface area contributed by atoms with E-state index in [4.69, 9.17) is 22.1 Å². The Morgan fingerprint density at radius 2 is 1.65 bits per heavy atom. The zero-order chi connectivity index (χ0) is 32.2. The predicted molar refractivity (Wildman–Crippen MR) is 168 cm³/mol. The predicted octanol–water partition coefficient (Wildman–Crippen LogP) is 5.99. The smallest absolute Gasteiger partial charge is 0.408 e. The van der Waals surface area contributed by atoms with Crippen molar-refractivity contribution in [2.24, 2.45) is 5.73 Å². The van der Waals surface area contributed by atoms with Crippen LogP contribution < -0.4 is 16.4 Å². The SMILES string of the molecule is CCCCCCCCN(C(=O)C(CC(N)=O)NC(=O)OC(C)(C)C)C(C(=O)Nc1c(C)cccc1Cl)c1ccccc1O. The fraction of sp³-hybridized carbons (Fsp3) is 0.500. The van der Waals surface area contributed by atoms with Gasteiger partial charge in [-0.05, 0) is 51.8 Å². The minimum absolute atomic E-state index is 0.101. The Labute approximate surface area is 259 Å². The van der Waals surface area contributed by atoms with Crippen LogP contribution in [-0.4, -0.2) is 52.0 Å². The van der Waals surface area contributed by atoms with Crippen molar-refractivity contribution in [3.8, 4) is 5.75 Å². The first-order valence-corrected chi connectivity index (χ1v) is 15.0. The molecule has 236 valence electrons. The molecule has 2 rings (SSSR count). The molecule has 0 heterocycles. The number of aryl methyl sites for hydroxylation is 1. The maximum Gasteiger partial charge on any atom is 0.408 e. The Bertz CT molecular complexity index is 1240. The Hall–Kier alpha value is -3.79. The zero-order valence-corrected chi connectivity index (χ0v) is 26.5. The number of nitrogens with zero attached hydrogens (tertiary/aromatic N) is 1. The van der Waals surface area contributed by atoms with Crippen LogP contribution in [-0.2, 0) is 19.1 Å². The van der Waals surface area contributed by atoms with Crippen molar-refractivity contribution in [2.75, 3.05) is 11.9 Å². The lowest BCUT2D eigenvalue weighted by Gasteiger charge is -2.34. The first-order chi connectivity index (χ1) is 20.2. The van der Waals surface area contributed by atoms with Crippen molar-refractivity contribution in [2.45, 2.75) is 97.2 Å². The van der Waals surface area contributed by atoms with Crippen molar-refractivity contribution < 1.29 is 29.0 Å². The molecule has 0 aliphatic carbocycles. The molecule has 0 saturated heterocycles. The van der Waals surface area contributed by atoms with Crippen molar-refractivity contribution in [1.29, 1.82) is 0 Å². The third kappa shape index (κ3) is 11.4. The second-order valence-electron chi connectivity index (χ2n) is 11.6. The van der Waals surface area contributed by atoms with E-state index in [1.165, 1.54) is 11.0 Å². The highest BCUT2D eigenvalue weighted by molar-refractivity contribution is 6.34. The lowest BCUT2D eigenvalue weighted by atomic mass is 10.00. The summed E-state index contributed by atoms with van der Waals surface area (Å²) in [5.74, 6) is -2.39. The molecule has 43 heavy (non-hydrogen) atoms. The van der Waals surface area contributed by atoms with Gasteiger partial charge in [-0.15, -0.1) is 0 Å². The summed E-state index contributed by atoms with van der Waals surface area (Å²) < 4.78 is 5.33. The number of phenolic OH excluding ortho intramolecular Hbond substituents is 1. The maximum atomic E-state index is 14.2. The molecule has 0 fully saturated rings. The number of primary amides is 1. The summed E-state index contributed by atoms with van der Waals surface area (Å²) in [7, 11) is 0. The average Bonchev–Trinajstić information content (AvgIpc) is 2.90. The van der Waals surface area contributed by atoms with E-state index in [0.29, 0.717) is 22.7 Å². The monoisotopic (exact) mass is 616 g/mol. The van der Waals surface area contributed by atoms with Crippen LogP contribution in [0.3, 0.4) is 0 Å². The van der Waals surface area contributed by atoms with Gasteiger partial charge in [-0.3, -0.25) is 14.4 Å². The third-order valence-corrected chi connectivity index (χ3v) is 7.01. The molecule has 0 spiro atoms. The number of phenols is 1. The molecule has 0 radical (unpaired) electrons. The summed E-state index contributed by atoms with van der Waals surface area (Å²) in [4.78, 5) is 54.3. The van der Waals surface area contributed by atoms with E-state index in [0.717, 1.165) is 32.1 Å². The number of nitrogens with two attached hydrogens (primary N) is 1. The van der Waals surface area contributed by atoms with E-state index in [2.05, 4.69) is 17.6 Å². The molecule has 11 heteroatoms. The minimum atomic E-state index is -1.42. The van der Waals surface area contributed by atoms with Gasteiger partial charge in [0.05, 0.1) is 17.1 Å². The quantitative estimate of drug-likeness (QED) is 0.180. The molecule has 0 aromatic heterocycles. The first kappa shape index (κ1) is 35.4. The number of rotatable bonds is 15. The van der Waals surface area contributed by atoms with Gasteiger partial charge in [0.25, 0.3) is 5.91 Å². The van der Waals surface area contributed by atoms with Crippen LogP contribution in [0.5, 0.6) is 5.75 Å². The van der Waals surface area contributed by atoms with Crippen LogP contribution in [0.25, 0.3) is 0 Å². The standard InChI is InChI=1S/C32H45ClN4O6/c1-6-7-8-9-10-13-19-37(30(41)24(20-26(34)39)35-31(42)43-32(3,4)5)28(22-16-11-12-18-25(22)38)29(40)36-27-21(2)15-14-17-23(27)33/h11-12,14-18,24,28,38H,6-10,13,19-20H2,1-5H3,(H2,34,39)(H,35,42)(H,36,40). The van der Waals surface area contributed by atoms with Gasteiger partial charge in [0.1, 0.15) is 23.4 Å². The van der Waals surface area contributed by atoms with Crippen LogP contribution in [0.1, 0.15) is 89.8 Å². The number of halogens is 1. The van der Waals surface area contributed by atoms with Gasteiger partial charge in [0.2, 0.25) is 11.8 Å². The van der Waals surface area contributed by atoms with Gasteiger partial charge in [-0.2, -0.15) is 0 Å². The van der Waals surface area contributed by atoms with Gasteiger partial charge >= 0.3 is 6.09 Å². The van der Waals surface area contributed by atoms with E-state index >= 15 is 0 Å². The number of benzene rings is 2. The van der Waals surface area contributed by atoms with Gasteiger partial charge in [0.15, 0.2) is 0 Å². The molecule has 2 unspecified atom stereocenters. The Morgan fingerprint density at radius 3 is 2.26 bits per heavy atom.